The molecule has 32 heavy (non-hydrogen) atoms. The van der Waals surface area contributed by atoms with Gasteiger partial charge >= 0.3 is 0 Å². The highest BCUT2D eigenvalue weighted by molar-refractivity contribution is 5.95. The van der Waals surface area contributed by atoms with Crippen molar-refractivity contribution in [2.24, 2.45) is 5.73 Å². The Morgan fingerprint density at radius 1 is 1.22 bits per heavy atom. The Bertz CT molecular complexity index is 1170. The second-order valence-electron chi connectivity index (χ2n) is 7.77. The molecule has 3 aromatic rings. The molecule has 0 bridgehead atoms. The Hall–Kier alpha value is -3.81. The molecule has 0 saturated carbocycles. The lowest BCUT2D eigenvalue weighted by molar-refractivity contribution is 0.0790. The van der Waals surface area contributed by atoms with Crippen LogP contribution in [0.2, 0.25) is 0 Å². The zero-order valence-electron chi connectivity index (χ0n) is 17.6. The highest BCUT2D eigenvalue weighted by Gasteiger charge is 2.30. The van der Waals surface area contributed by atoms with Gasteiger partial charge < -0.3 is 15.4 Å². The highest BCUT2D eigenvalue weighted by Crippen LogP contribution is 2.27. The first-order chi connectivity index (χ1) is 15.4. The second-order valence-corrected chi connectivity index (χ2v) is 7.77. The number of hydrogen-bond acceptors (Lipinski definition) is 5. The molecular weight excluding hydrogens is 411 g/mol. The van der Waals surface area contributed by atoms with Gasteiger partial charge in [0.05, 0.1) is 11.3 Å². The fourth-order valence-electron chi connectivity index (χ4n) is 3.77. The number of aryl methyl sites for hydroxylation is 1. The molecule has 2 aromatic carbocycles. The van der Waals surface area contributed by atoms with Crippen molar-refractivity contribution in [1.82, 2.24) is 14.9 Å². The topological polar surface area (TPSA) is 98.4 Å². The van der Waals surface area contributed by atoms with Crippen molar-refractivity contribution in [3.63, 3.8) is 0 Å². The fourth-order valence-corrected chi connectivity index (χ4v) is 3.77. The van der Waals surface area contributed by atoms with Crippen LogP contribution in [-0.4, -0.2) is 39.8 Å². The lowest BCUT2D eigenvalue weighted by Crippen LogP contribution is -2.28. The Morgan fingerprint density at radius 2 is 2.03 bits per heavy atom. The molecule has 0 spiro atoms. The molecule has 2 heterocycles. The third-order valence-electron chi connectivity index (χ3n) is 5.48. The van der Waals surface area contributed by atoms with Gasteiger partial charge in [0.15, 0.2) is 0 Å². The predicted molar refractivity (Wildman–Crippen MR) is 116 cm³/mol. The van der Waals surface area contributed by atoms with E-state index in [4.69, 9.17) is 10.5 Å². The number of primary amides is 1. The standard InChI is InChI=1S/C24H23FN4O3/c1-15-21(22(26)30)12-27-23(28-15)18-8-9-29(13-18)24(31)17-5-3-7-20(11-17)32-14-16-4-2-6-19(25)10-16/h2-7,10-12,18H,8-9,13-14H2,1H3,(H2,26,30)/t18-/m0/s1. The van der Waals surface area contributed by atoms with Crippen molar-refractivity contribution in [3.8, 4) is 5.75 Å². The monoisotopic (exact) mass is 434 g/mol. The Labute approximate surface area is 185 Å². The first-order valence-electron chi connectivity index (χ1n) is 10.3. The van der Waals surface area contributed by atoms with Crippen LogP contribution >= 0.6 is 0 Å². The number of carbonyl (C=O) groups excluding carboxylic acids is 2. The maximum Gasteiger partial charge on any atom is 0.254 e. The van der Waals surface area contributed by atoms with Crippen LogP contribution in [0.4, 0.5) is 4.39 Å². The van der Waals surface area contributed by atoms with E-state index in [2.05, 4.69) is 9.97 Å². The number of aromatic nitrogens is 2. The van der Waals surface area contributed by atoms with E-state index < -0.39 is 5.91 Å². The summed E-state index contributed by atoms with van der Waals surface area (Å²) in [7, 11) is 0. The van der Waals surface area contributed by atoms with Crippen LogP contribution in [-0.2, 0) is 6.61 Å². The number of nitrogens with zero attached hydrogens (tertiary/aromatic N) is 3. The van der Waals surface area contributed by atoms with Crippen LogP contribution in [0, 0.1) is 12.7 Å². The molecule has 1 fully saturated rings. The largest absolute Gasteiger partial charge is 0.489 e. The molecule has 1 atom stereocenters. The molecule has 1 aromatic heterocycles. The summed E-state index contributed by atoms with van der Waals surface area (Å²) in [6, 6.07) is 13.2. The number of halogens is 1. The summed E-state index contributed by atoms with van der Waals surface area (Å²) < 4.78 is 19.1. The lowest BCUT2D eigenvalue weighted by atomic mass is 10.1. The van der Waals surface area contributed by atoms with Gasteiger partial charge in [-0.1, -0.05) is 18.2 Å². The summed E-state index contributed by atoms with van der Waals surface area (Å²) in [5.74, 6) is 0.159. The highest BCUT2D eigenvalue weighted by atomic mass is 19.1. The zero-order valence-corrected chi connectivity index (χ0v) is 17.6. The van der Waals surface area contributed by atoms with E-state index in [1.807, 2.05) is 0 Å². The number of carbonyl (C=O) groups is 2. The van der Waals surface area contributed by atoms with Crippen molar-refractivity contribution in [2.75, 3.05) is 13.1 Å². The lowest BCUT2D eigenvalue weighted by Gasteiger charge is -2.17. The minimum atomic E-state index is -0.559. The number of benzene rings is 2. The van der Waals surface area contributed by atoms with Crippen LogP contribution in [0.1, 0.15) is 50.1 Å². The third-order valence-corrected chi connectivity index (χ3v) is 5.48. The van der Waals surface area contributed by atoms with Crippen LogP contribution in [0.3, 0.4) is 0 Å². The fraction of sp³-hybridized carbons (Fsp3) is 0.250. The third kappa shape index (κ3) is 4.74. The number of amides is 2. The molecule has 0 unspecified atom stereocenters. The molecule has 1 saturated heterocycles. The van der Waals surface area contributed by atoms with Crippen molar-refractivity contribution in [3.05, 3.63) is 88.8 Å². The van der Waals surface area contributed by atoms with E-state index in [1.165, 1.54) is 18.3 Å². The van der Waals surface area contributed by atoms with E-state index in [0.717, 1.165) is 6.42 Å². The van der Waals surface area contributed by atoms with Gasteiger partial charge in [-0.25, -0.2) is 14.4 Å². The number of rotatable bonds is 6. The molecule has 0 aliphatic carbocycles. The summed E-state index contributed by atoms with van der Waals surface area (Å²) in [6.07, 6.45) is 2.18. The van der Waals surface area contributed by atoms with E-state index >= 15 is 0 Å². The maximum atomic E-state index is 13.3. The number of hydrogen-bond donors (Lipinski definition) is 1. The molecule has 4 rings (SSSR count). The van der Waals surface area contributed by atoms with Gasteiger partial charge in [0.2, 0.25) is 0 Å². The van der Waals surface area contributed by atoms with Gasteiger partial charge in [-0.2, -0.15) is 0 Å². The molecule has 2 N–H and O–H groups in total. The van der Waals surface area contributed by atoms with Crippen molar-refractivity contribution >= 4 is 11.8 Å². The Morgan fingerprint density at radius 3 is 2.78 bits per heavy atom. The SMILES string of the molecule is Cc1nc([C@H]2CCN(C(=O)c3cccc(OCc4cccc(F)c4)c3)C2)ncc1C(N)=O. The number of nitrogens with two attached hydrogens (primary N) is 1. The molecule has 164 valence electrons. The van der Waals surface area contributed by atoms with Gasteiger partial charge in [-0.05, 0) is 49.2 Å². The molecule has 0 radical (unpaired) electrons. The van der Waals surface area contributed by atoms with Gasteiger partial charge in [0.25, 0.3) is 11.8 Å². The normalized spacial score (nSPS) is 15.6. The number of likely N-dealkylation sites (tertiary alicyclic amines) is 1. The zero-order chi connectivity index (χ0) is 22.7. The average Bonchev–Trinajstić information content (AvgIpc) is 3.27. The summed E-state index contributed by atoms with van der Waals surface area (Å²) in [6.45, 7) is 3.00. The van der Waals surface area contributed by atoms with Gasteiger partial charge in [0, 0.05) is 30.8 Å². The van der Waals surface area contributed by atoms with Crippen LogP contribution < -0.4 is 10.5 Å². The predicted octanol–water partition coefficient (Wildman–Crippen LogP) is 3.23. The van der Waals surface area contributed by atoms with Crippen molar-refractivity contribution in [1.29, 1.82) is 0 Å². The van der Waals surface area contributed by atoms with E-state index in [9.17, 15) is 14.0 Å². The maximum absolute atomic E-state index is 13.3. The summed E-state index contributed by atoms with van der Waals surface area (Å²) in [5, 5.41) is 0. The quantitative estimate of drug-likeness (QED) is 0.642. The second kappa shape index (κ2) is 9.13. The Balaban J connectivity index is 1.41. The summed E-state index contributed by atoms with van der Waals surface area (Å²) >= 11 is 0. The van der Waals surface area contributed by atoms with Gasteiger partial charge in [0.1, 0.15) is 24.0 Å². The van der Waals surface area contributed by atoms with Gasteiger partial charge in [-0.3, -0.25) is 9.59 Å². The Kier molecular flexibility index (Phi) is 6.11. The first kappa shape index (κ1) is 21.4. The van der Waals surface area contributed by atoms with Crippen molar-refractivity contribution < 1.29 is 18.7 Å². The minimum absolute atomic E-state index is 0.00742. The van der Waals surface area contributed by atoms with Crippen LogP contribution in [0.5, 0.6) is 5.75 Å². The average molecular weight is 434 g/mol. The molecule has 7 nitrogen and oxygen atoms in total. The van der Waals surface area contributed by atoms with E-state index in [1.54, 1.807) is 48.2 Å². The van der Waals surface area contributed by atoms with Crippen molar-refractivity contribution in [2.45, 2.75) is 25.9 Å². The molecular formula is C24H23FN4O3. The van der Waals surface area contributed by atoms with Crippen LogP contribution in [0.25, 0.3) is 0 Å². The summed E-state index contributed by atoms with van der Waals surface area (Å²) in [4.78, 5) is 34.9. The first-order valence-corrected chi connectivity index (χ1v) is 10.3. The van der Waals surface area contributed by atoms with Gasteiger partial charge in [-0.15, -0.1) is 0 Å². The smallest absolute Gasteiger partial charge is 0.254 e. The van der Waals surface area contributed by atoms with Crippen LogP contribution in [0.15, 0.2) is 54.7 Å². The number of ether oxygens (including phenoxy) is 1. The molecule has 1 aliphatic rings. The molecule has 2 amide bonds. The van der Waals surface area contributed by atoms with E-state index in [0.29, 0.717) is 47.0 Å². The summed E-state index contributed by atoms with van der Waals surface area (Å²) in [5.41, 5.74) is 7.38. The minimum Gasteiger partial charge on any atom is -0.489 e. The molecule has 1 aliphatic heterocycles. The van der Waals surface area contributed by atoms with E-state index in [-0.39, 0.29) is 24.2 Å². The molecule has 8 heteroatoms.